The summed E-state index contributed by atoms with van der Waals surface area (Å²) in [6.45, 7) is 8.41. The number of nitrogens with one attached hydrogen (secondary N) is 1. The molecule has 3 N–H and O–H groups in total. The summed E-state index contributed by atoms with van der Waals surface area (Å²) in [7, 11) is 0. The van der Waals surface area contributed by atoms with E-state index in [4.69, 9.17) is 10.6 Å². The summed E-state index contributed by atoms with van der Waals surface area (Å²) in [5.74, 6) is 0.493. The molecule has 120 valence electrons. The Bertz CT molecular complexity index is 412. The number of amides is 2. The lowest BCUT2D eigenvalue weighted by atomic mass is 9.99. The van der Waals surface area contributed by atoms with Crippen LogP contribution < -0.4 is 11.1 Å². The predicted molar refractivity (Wildman–Crippen MR) is 80.4 cm³/mol. The zero-order chi connectivity index (χ0) is 16.0. The van der Waals surface area contributed by atoms with Crippen LogP contribution in [0.1, 0.15) is 40.5 Å². The van der Waals surface area contributed by atoms with Gasteiger partial charge in [0.15, 0.2) is 12.4 Å². The molecule has 0 aliphatic carbocycles. The van der Waals surface area contributed by atoms with E-state index < -0.39 is 5.54 Å². The maximum absolute atomic E-state index is 11.9. The third-order valence-corrected chi connectivity index (χ3v) is 3.62. The molecule has 2 amide bonds. The summed E-state index contributed by atoms with van der Waals surface area (Å²) >= 11 is 0. The summed E-state index contributed by atoms with van der Waals surface area (Å²) in [6.07, 6.45) is 2.04. The van der Waals surface area contributed by atoms with Crippen LogP contribution >= 0.6 is 0 Å². The van der Waals surface area contributed by atoms with E-state index in [0.29, 0.717) is 5.92 Å². The van der Waals surface area contributed by atoms with Crippen molar-refractivity contribution in [3.8, 4) is 0 Å². The fourth-order valence-electron chi connectivity index (χ4n) is 2.12. The van der Waals surface area contributed by atoms with Crippen molar-refractivity contribution in [3.63, 3.8) is 0 Å². The molecule has 0 saturated carbocycles. The highest BCUT2D eigenvalue weighted by molar-refractivity contribution is 5.92. The predicted octanol–water partition coefficient (Wildman–Crippen LogP) is 0.448. The fourth-order valence-corrected chi connectivity index (χ4v) is 2.12. The molecule has 1 aliphatic heterocycles. The topological polar surface area (TPSA) is 97.0 Å². The molecule has 21 heavy (non-hydrogen) atoms. The zero-order valence-corrected chi connectivity index (χ0v) is 13.3. The Kier molecular flexibility index (Phi) is 5.99. The van der Waals surface area contributed by atoms with Crippen molar-refractivity contribution in [1.82, 2.24) is 10.2 Å². The minimum absolute atomic E-state index is 0.0872. The molecule has 0 aromatic carbocycles. The Morgan fingerprint density at radius 3 is 2.48 bits per heavy atom. The van der Waals surface area contributed by atoms with E-state index >= 15 is 0 Å². The molecule has 1 rings (SSSR count). The van der Waals surface area contributed by atoms with E-state index in [1.54, 1.807) is 18.7 Å². The highest BCUT2D eigenvalue weighted by Gasteiger charge is 2.25. The number of carbonyl (C=O) groups is 2. The van der Waals surface area contributed by atoms with Crippen LogP contribution in [0.3, 0.4) is 0 Å². The van der Waals surface area contributed by atoms with Crippen molar-refractivity contribution in [1.29, 1.82) is 0 Å². The first-order valence-electron chi connectivity index (χ1n) is 7.25. The van der Waals surface area contributed by atoms with Gasteiger partial charge in [0.2, 0.25) is 5.91 Å². The molecule has 7 heteroatoms. The minimum atomic E-state index is -0.810. The van der Waals surface area contributed by atoms with Gasteiger partial charge in [-0.3, -0.25) is 9.59 Å². The van der Waals surface area contributed by atoms with Crippen molar-refractivity contribution in [2.24, 2.45) is 16.8 Å². The van der Waals surface area contributed by atoms with Gasteiger partial charge in [0, 0.05) is 20.0 Å². The first kappa shape index (κ1) is 17.3. The molecular weight excluding hydrogens is 272 g/mol. The normalized spacial score (nSPS) is 17.5. The Balaban J connectivity index is 2.42. The molecule has 0 radical (unpaired) electrons. The maximum Gasteiger partial charge on any atom is 0.263 e. The lowest BCUT2D eigenvalue weighted by Gasteiger charge is -2.30. The Morgan fingerprint density at radius 2 is 1.95 bits per heavy atom. The van der Waals surface area contributed by atoms with Gasteiger partial charge in [-0.05, 0) is 32.6 Å². The number of oxime groups is 1. The quantitative estimate of drug-likeness (QED) is 0.437. The molecule has 0 aromatic rings. The lowest BCUT2D eigenvalue weighted by molar-refractivity contribution is -0.137. The molecule has 0 spiro atoms. The maximum atomic E-state index is 11.9. The van der Waals surface area contributed by atoms with E-state index in [0.717, 1.165) is 25.9 Å². The standard InChI is InChI=1S/C14H26N4O3/c1-10-5-7-18(8-6-10)12(20)9-21-17-13(15)14(3,4)16-11(2)19/h10H,5-9H2,1-4H3,(H2,15,17)(H,16,19). The highest BCUT2D eigenvalue weighted by atomic mass is 16.6. The van der Waals surface area contributed by atoms with Crippen LogP contribution in [-0.2, 0) is 14.4 Å². The second-order valence-corrected chi connectivity index (χ2v) is 6.12. The van der Waals surface area contributed by atoms with Crippen LogP contribution in [0.15, 0.2) is 5.16 Å². The second-order valence-electron chi connectivity index (χ2n) is 6.12. The van der Waals surface area contributed by atoms with Crippen LogP contribution in [0.25, 0.3) is 0 Å². The van der Waals surface area contributed by atoms with Crippen molar-refractivity contribution in [2.75, 3.05) is 19.7 Å². The van der Waals surface area contributed by atoms with Crippen LogP contribution in [0, 0.1) is 5.92 Å². The molecule has 1 fully saturated rings. The summed E-state index contributed by atoms with van der Waals surface area (Å²) < 4.78 is 0. The van der Waals surface area contributed by atoms with Crippen molar-refractivity contribution < 1.29 is 14.4 Å². The van der Waals surface area contributed by atoms with Crippen molar-refractivity contribution in [2.45, 2.75) is 46.1 Å². The smallest absolute Gasteiger partial charge is 0.263 e. The number of piperidine rings is 1. The Morgan fingerprint density at radius 1 is 1.38 bits per heavy atom. The minimum Gasteiger partial charge on any atom is -0.384 e. The van der Waals surface area contributed by atoms with E-state index in [1.165, 1.54) is 6.92 Å². The number of amidine groups is 1. The third kappa shape index (κ3) is 5.61. The van der Waals surface area contributed by atoms with Crippen LogP contribution in [0.5, 0.6) is 0 Å². The second kappa shape index (κ2) is 7.28. The summed E-state index contributed by atoms with van der Waals surface area (Å²) in [5, 5.41) is 6.39. The summed E-state index contributed by atoms with van der Waals surface area (Å²) in [4.78, 5) is 29.8. The lowest BCUT2D eigenvalue weighted by Crippen LogP contribution is -2.52. The average Bonchev–Trinajstić information content (AvgIpc) is 2.37. The number of hydrogen-bond donors (Lipinski definition) is 2. The van der Waals surface area contributed by atoms with Gasteiger partial charge in [0.1, 0.15) is 0 Å². The van der Waals surface area contributed by atoms with E-state index in [9.17, 15) is 9.59 Å². The van der Waals surface area contributed by atoms with Gasteiger partial charge in [-0.1, -0.05) is 12.1 Å². The molecule has 0 aromatic heterocycles. The molecule has 1 heterocycles. The fraction of sp³-hybridized carbons (Fsp3) is 0.786. The van der Waals surface area contributed by atoms with Crippen molar-refractivity contribution >= 4 is 17.6 Å². The number of nitrogens with two attached hydrogens (primary N) is 1. The summed E-state index contributed by atoms with van der Waals surface area (Å²) in [5.41, 5.74) is 4.96. The molecule has 7 nitrogen and oxygen atoms in total. The largest absolute Gasteiger partial charge is 0.384 e. The zero-order valence-electron chi connectivity index (χ0n) is 13.3. The molecule has 0 unspecified atom stereocenters. The van der Waals surface area contributed by atoms with Crippen molar-refractivity contribution in [3.05, 3.63) is 0 Å². The molecular formula is C14H26N4O3. The van der Waals surface area contributed by atoms with Crippen LogP contribution in [-0.4, -0.2) is 47.8 Å². The number of rotatable bonds is 5. The highest BCUT2D eigenvalue weighted by Crippen LogP contribution is 2.15. The number of hydrogen-bond acceptors (Lipinski definition) is 4. The molecule has 0 atom stereocenters. The SMILES string of the molecule is CC(=O)NC(C)(C)/C(N)=N\OCC(=O)N1CCC(C)CC1. The molecule has 0 bridgehead atoms. The van der Waals surface area contributed by atoms with Gasteiger partial charge in [-0.2, -0.15) is 0 Å². The van der Waals surface area contributed by atoms with Crippen LogP contribution in [0.2, 0.25) is 0 Å². The number of carbonyl (C=O) groups excluding carboxylic acids is 2. The van der Waals surface area contributed by atoms with E-state index in [1.807, 2.05) is 0 Å². The Labute approximate surface area is 125 Å². The first-order chi connectivity index (χ1) is 9.72. The number of likely N-dealkylation sites (tertiary alicyclic amines) is 1. The van der Waals surface area contributed by atoms with Gasteiger partial charge < -0.3 is 20.8 Å². The van der Waals surface area contributed by atoms with E-state index in [2.05, 4.69) is 17.4 Å². The molecule has 1 saturated heterocycles. The van der Waals surface area contributed by atoms with Gasteiger partial charge in [0.25, 0.3) is 5.91 Å². The number of nitrogens with zero attached hydrogens (tertiary/aromatic N) is 2. The van der Waals surface area contributed by atoms with Crippen LogP contribution in [0.4, 0.5) is 0 Å². The van der Waals surface area contributed by atoms with Gasteiger partial charge in [0.05, 0.1) is 5.54 Å². The molecule has 1 aliphatic rings. The average molecular weight is 298 g/mol. The van der Waals surface area contributed by atoms with Gasteiger partial charge in [-0.25, -0.2) is 0 Å². The first-order valence-corrected chi connectivity index (χ1v) is 7.25. The van der Waals surface area contributed by atoms with Gasteiger partial charge in [-0.15, -0.1) is 0 Å². The third-order valence-electron chi connectivity index (χ3n) is 3.62. The summed E-state index contributed by atoms with van der Waals surface area (Å²) in [6, 6.07) is 0. The Hall–Kier alpha value is -1.79. The monoisotopic (exact) mass is 298 g/mol. The van der Waals surface area contributed by atoms with E-state index in [-0.39, 0.29) is 24.3 Å². The van der Waals surface area contributed by atoms with Gasteiger partial charge >= 0.3 is 0 Å².